The number of hydrogen-bond acceptors (Lipinski definition) is 2. The molecule has 0 aliphatic rings. The van der Waals surface area contributed by atoms with Crippen LogP contribution in [-0.4, -0.2) is 5.91 Å². The lowest BCUT2D eigenvalue weighted by atomic mass is 10.0. The Bertz CT molecular complexity index is 851. The van der Waals surface area contributed by atoms with Crippen LogP contribution in [0.25, 0.3) is 11.0 Å². The fourth-order valence-corrected chi connectivity index (χ4v) is 2.94. The van der Waals surface area contributed by atoms with E-state index in [-0.39, 0.29) is 5.91 Å². The van der Waals surface area contributed by atoms with Crippen molar-refractivity contribution in [1.82, 2.24) is 0 Å². The Hall–Kier alpha value is -2.55. The Morgan fingerprint density at radius 1 is 1.00 bits per heavy atom. The van der Waals surface area contributed by atoms with Gasteiger partial charge in [-0.25, -0.2) is 0 Å². The molecule has 0 unspecified atom stereocenters. The molecule has 1 amide bonds. The topological polar surface area (TPSA) is 42.2 Å². The largest absolute Gasteiger partial charge is 0.451 e. The number of amides is 1. The van der Waals surface area contributed by atoms with Gasteiger partial charge < -0.3 is 9.73 Å². The van der Waals surface area contributed by atoms with E-state index in [1.54, 1.807) is 0 Å². The van der Waals surface area contributed by atoms with Crippen LogP contribution in [0.5, 0.6) is 0 Å². The monoisotopic (exact) mass is 293 g/mol. The predicted molar refractivity (Wildman–Crippen MR) is 89.6 cm³/mol. The lowest BCUT2D eigenvalue weighted by Gasteiger charge is -2.12. The van der Waals surface area contributed by atoms with Gasteiger partial charge in [0.1, 0.15) is 5.58 Å². The number of rotatable bonds is 2. The fourth-order valence-electron chi connectivity index (χ4n) is 2.94. The van der Waals surface area contributed by atoms with Gasteiger partial charge in [-0.15, -0.1) is 0 Å². The van der Waals surface area contributed by atoms with E-state index in [2.05, 4.69) is 24.4 Å². The maximum atomic E-state index is 12.6. The zero-order valence-corrected chi connectivity index (χ0v) is 13.3. The van der Waals surface area contributed by atoms with Crippen molar-refractivity contribution in [3.05, 3.63) is 64.4 Å². The van der Waals surface area contributed by atoms with E-state index in [1.165, 1.54) is 5.56 Å². The molecule has 0 aliphatic carbocycles. The molecule has 3 nitrogen and oxygen atoms in total. The minimum atomic E-state index is -0.205. The molecule has 0 aliphatic heterocycles. The maximum absolute atomic E-state index is 12.6. The summed E-state index contributed by atoms with van der Waals surface area (Å²) in [5.74, 6) is 0.171. The Balaban J connectivity index is 1.99. The number of benzene rings is 2. The number of hydrogen-bond donors (Lipinski definition) is 1. The summed E-state index contributed by atoms with van der Waals surface area (Å²) in [7, 11) is 0. The molecular formula is C19H19NO2. The molecule has 3 heteroatoms. The van der Waals surface area contributed by atoms with Crippen LogP contribution in [0.4, 0.5) is 5.69 Å². The molecule has 1 heterocycles. The number of anilines is 1. The molecule has 0 saturated carbocycles. The molecular weight excluding hydrogens is 274 g/mol. The van der Waals surface area contributed by atoms with Crippen molar-refractivity contribution in [2.45, 2.75) is 27.7 Å². The number of carbonyl (C=O) groups excluding carboxylic acids is 1. The standard InChI is InChI=1S/C19H19NO2/c1-11-9-12(2)17(13(3)10-11)20-19(21)18-14(4)15-7-5-6-8-16(15)22-18/h5-10H,1-4H3,(H,20,21). The number of para-hydroxylation sites is 1. The van der Waals surface area contributed by atoms with Crippen LogP contribution in [0.1, 0.15) is 32.8 Å². The molecule has 112 valence electrons. The highest BCUT2D eigenvalue weighted by Crippen LogP contribution is 2.27. The quantitative estimate of drug-likeness (QED) is 0.728. The highest BCUT2D eigenvalue weighted by atomic mass is 16.3. The van der Waals surface area contributed by atoms with Gasteiger partial charge >= 0.3 is 0 Å². The van der Waals surface area contributed by atoms with Crippen molar-refractivity contribution in [3.8, 4) is 0 Å². The first kappa shape index (κ1) is 14.4. The van der Waals surface area contributed by atoms with Crippen molar-refractivity contribution < 1.29 is 9.21 Å². The number of nitrogens with one attached hydrogen (secondary N) is 1. The molecule has 3 aromatic rings. The lowest BCUT2D eigenvalue weighted by molar-refractivity contribution is 0.0997. The van der Waals surface area contributed by atoms with E-state index in [4.69, 9.17) is 4.42 Å². The third-order valence-corrected chi connectivity index (χ3v) is 3.97. The summed E-state index contributed by atoms with van der Waals surface area (Å²) >= 11 is 0. The molecule has 0 fully saturated rings. The number of furan rings is 1. The summed E-state index contributed by atoms with van der Waals surface area (Å²) < 4.78 is 5.72. The van der Waals surface area contributed by atoms with Crippen molar-refractivity contribution in [2.24, 2.45) is 0 Å². The van der Waals surface area contributed by atoms with E-state index >= 15 is 0 Å². The number of aryl methyl sites for hydroxylation is 4. The summed E-state index contributed by atoms with van der Waals surface area (Å²) in [6.07, 6.45) is 0. The zero-order chi connectivity index (χ0) is 15.9. The molecule has 0 radical (unpaired) electrons. The summed E-state index contributed by atoms with van der Waals surface area (Å²) in [6, 6.07) is 11.8. The van der Waals surface area contributed by atoms with Crippen molar-refractivity contribution in [2.75, 3.05) is 5.32 Å². The average Bonchev–Trinajstić information content (AvgIpc) is 2.80. The van der Waals surface area contributed by atoms with Crippen LogP contribution in [0.2, 0.25) is 0 Å². The Morgan fingerprint density at radius 2 is 1.64 bits per heavy atom. The van der Waals surface area contributed by atoms with Crippen LogP contribution in [0, 0.1) is 27.7 Å². The Kier molecular flexibility index (Phi) is 3.49. The van der Waals surface area contributed by atoms with E-state index in [9.17, 15) is 4.79 Å². The molecule has 0 bridgehead atoms. The highest BCUT2D eigenvalue weighted by Gasteiger charge is 2.18. The van der Waals surface area contributed by atoms with Crippen LogP contribution < -0.4 is 5.32 Å². The first-order chi connectivity index (χ1) is 10.5. The van der Waals surface area contributed by atoms with Gasteiger partial charge in [0.2, 0.25) is 0 Å². The van der Waals surface area contributed by atoms with E-state index in [0.29, 0.717) is 5.76 Å². The van der Waals surface area contributed by atoms with Crippen molar-refractivity contribution in [3.63, 3.8) is 0 Å². The SMILES string of the molecule is Cc1cc(C)c(NC(=O)c2oc3ccccc3c2C)c(C)c1. The number of carbonyl (C=O) groups is 1. The minimum absolute atomic E-state index is 0.205. The Morgan fingerprint density at radius 3 is 2.27 bits per heavy atom. The summed E-state index contributed by atoms with van der Waals surface area (Å²) in [5, 5.41) is 3.97. The summed E-state index contributed by atoms with van der Waals surface area (Å²) in [4.78, 5) is 12.6. The van der Waals surface area contributed by atoms with Crippen molar-refractivity contribution in [1.29, 1.82) is 0 Å². The minimum Gasteiger partial charge on any atom is -0.451 e. The molecule has 3 rings (SSSR count). The van der Waals surface area contributed by atoms with Gasteiger partial charge in [-0.3, -0.25) is 4.79 Å². The van der Waals surface area contributed by atoms with Crippen LogP contribution >= 0.6 is 0 Å². The summed E-state index contributed by atoms with van der Waals surface area (Å²) in [6.45, 7) is 7.97. The van der Waals surface area contributed by atoms with Crippen LogP contribution in [-0.2, 0) is 0 Å². The second kappa shape index (κ2) is 5.34. The molecule has 22 heavy (non-hydrogen) atoms. The fraction of sp³-hybridized carbons (Fsp3) is 0.211. The van der Waals surface area contributed by atoms with Crippen LogP contribution in [0.3, 0.4) is 0 Å². The summed E-state index contributed by atoms with van der Waals surface area (Å²) in [5.41, 5.74) is 5.76. The van der Waals surface area contributed by atoms with Gasteiger partial charge in [-0.2, -0.15) is 0 Å². The van der Waals surface area contributed by atoms with Gasteiger partial charge in [-0.05, 0) is 44.9 Å². The molecule has 1 aromatic heterocycles. The zero-order valence-electron chi connectivity index (χ0n) is 13.3. The Labute approximate surface area is 130 Å². The second-order valence-electron chi connectivity index (χ2n) is 5.78. The third-order valence-electron chi connectivity index (χ3n) is 3.97. The normalized spacial score (nSPS) is 10.9. The number of fused-ring (bicyclic) bond motifs is 1. The highest BCUT2D eigenvalue weighted by molar-refractivity contribution is 6.07. The molecule has 0 atom stereocenters. The van der Waals surface area contributed by atoms with E-state index < -0.39 is 0 Å². The predicted octanol–water partition coefficient (Wildman–Crippen LogP) is 4.92. The van der Waals surface area contributed by atoms with Crippen LogP contribution in [0.15, 0.2) is 40.8 Å². The molecule has 0 spiro atoms. The third kappa shape index (κ3) is 2.39. The first-order valence-corrected chi connectivity index (χ1v) is 7.34. The average molecular weight is 293 g/mol. The van der Waals surface area contributed by atoms with Gasteiger partial charge in [0.25, 0.3) is 5.91 Å². The maximum Gasteiger partial charge on any atom is 0.291 e. The van der Waals surface area contributed by atoms with E-state index in [1.807, 2.05) is 45.0 Å². The van der Waals surface area contributed by atoms with Gasteiger partial charge in [0.15, 0.2) is 5.76 Å². The van der Waals surface area contributed by atoms with Gasteiger partial charge in [0, 0.05) is 16.6 Å². The first-order valence-electron chi connectivity index (χ1n) is 7.34. The van der Waals surface area contributed by atoms with Gasteiger partial charge in [0.05, 0.1) is 0 Å². The molecule has 1 N–H and O–H groups in total. The van der Waals surface area contributed by atoms with Gasteiger partial charge in [-0.1, -0.05) is 35.9 Å². The molecule has 2 aromatic carbocycles. The van der Waals surface area contributed by atoms with E-state index in [0.717, 1.165) is 33.3 Å². The smallest absolute Gasteiger partial charge is 0.291 e. The lowest BCUT2D eigenvalue weighted by Crippen LogP contribution is -2.14. The molecule has 0 saturated heterocycles. The van der Waals surface area contributed by atoms with Crippen molar-refractivity contribution >= 4 is 22.6 Å². The second-order valence-corrected chi connectivity index (χ2v) is 5.78.